The molecular weight excluding hydrogens is 280 g/mol. The average molecular weight is 296 g/mol. The summed E-state index contributed by atoms with van der Waals surface area (Å²) < 4.78 is 5.79. The number of hydrogen-bond donors (Lipinski definition) is 1. The van der Waals surface area contributed by atoms with Crippen LogP contribution in [0.5, 0.6) is 0 Å². The quantitative estimate of drug-likeness (QED) is 0.568. The van der Waals surface area contributed by atoms with Crippen molar-refractivity contribution in [2.45, 2.75) is 17.6 Å². The normalized spacial score (nSPS) is 10.7. The third kappa shape index (κ3) is 3.28. The van der Waals surface area contributed by atoms with Crippen molar-refractivity contribution in [1.29, 1.82) is 0 Å². The fourth-order valence-corrected chi connectivity index (χ4v) is 2.94. The number of nitrogens with zero attached hydrogens (tertiary/aromatic N) is 1. The highest BCUT2D eigenvalue weighted by Crippen LogP contribution is 2.30. The maximum Gasteiger partial charge on any atom is 0.205 e. The Hall–Kier alpha value is -2.20. The summed E-state index contributed by atoms with van der Waals surface area (Å²) in [5.74, 6) is 2.17. The molecule has 1 aromatic heterocycles. The number of oxazole rings is 1. The van der Waals surface area contributed by atoms with Crippen LogP contribution in [-0.2, 0) is 5.75 Å². The minimum absolute atomic E-state index is 0.667. The minimum Gasteiger partial charge on any atom is -0.440 e. The van der Waals surface area contributed by atoms with Crippen molar-refractivity contribution in [1.82, 2.24) is 4.98 Å². The van der Waals surface area contributed by atoms with Crippen LogP contribution in [0.4, 0.5) is 5.69 Å². The van der Waals surface area contributed by atoms with Crippen LogP contribution in [0.25, 0.3) is 11.3 Å². The smallest absolute Gasteiger partial charge is 0.205 e. The first-order valence-electron chi connectivity index (χ1n) is 6.71. The lowest BCUT2D eigenvalue weighted by Gasteiger charge is -2.04. The van der Waals surface area contributed by atoms with E-state index in [0.717, 1.165) is 21.9 Å². The van der Waals surface area contributed by atoms with Gasteiger partial charge >= 0.3 is 0 Å². The van der Waals surface area contributed by atoms with Gasteiger partial charge in [0, 0.05) is 16.1 Å². The highest BCUT2D eigenvalue weighted by atomic mass is 32.2. The van der Waals surface area contributed by atoms with E-state index < -0.39 is 0 Å². The third-order valence-electron chi connectivity index (χ3n) is 3.13. The van der Waals surface area contributed by atoms with Crippen molar-refractivity contribution in [3.63, 3.8) is 0 Å². The van der Waals surface area contributed by atoms with Gasteiger partial charge in [0.15, 0.2) is 5.76 Å². The van der Waals surface area contributed by atoms with Crippen LogP contribution >= 0.6 is 11.8 Å². The molecule has 4 heteroatoms. The lowest BCUT2D eigenvalue weighted by molar-refractivity contribution is 0.530. The number of aryl methyl sites for hydroxylation is 1. The van der Waals surface area contributed by atoms with E-state index in [1.165, 1.54) is 5.56 Å². The lowest BCUT2D eigenvalue weighted by Crippen LogP contribution is -1.89. The monoisotopic (exact) mass is 296 g/mol. The summed E-state index contributed by atoms with van der Waals surface area (Å²) in [6.45, 7) is 2.06. The first kappa shape index (κ1) is 13.8. The van der Waals surface area contributed by atoms with Gasteiger partial charge in [0.25, 0.3) is 0 Å². The molecule has 0 spiro atoms. The van der Waals surface area contributed by atoms with Crippen LogP contribution in [0, 0.1) is 6.92 Å². The average Bonchev–Trinajstić information content (AvgIpc) is 2.98. The maximum absolute atomic E-state index is 5.98. The number of benzene rings is 2. The van der Waals surface area contributed by atoms with E-state index in [1.807, 2.05) is 42.5 Å². The summed E-state index contributed by atoms with van der Waals surface area (Å²) in [7, 11) is 0. The molecule has 0 atom stereocenters. The van der Waals surface area contributed by atoms with Gasteiger partial charge in [-0.2, -0.15) is 0 Å². The fourth-order valence-electron chi connectivity index (χ4n) is 2.02. The second-order valence-corrected chi connectivity index (χ2v) is 5.83. The Bertz CT molecular complexity index is 738. The minimum atomic E-state index is 0.667. The Morgan fingerprint density at radius 2 is 1.95 bits per heavy atom. The molecule has 21 heavy (non-hydrogen) atoms. The van der Waals surface area contributed by atoms with Gasteiger partial charge in [-0.25, -0.2) is 4.98 Å². The molecule has 0 bridgehead atoms. The lowest BCUT2D eigenvalue weighted by atomic mass is 10.2. The summed E-state index contributed by atoms with van der Waals surface area (Å²) in [5, 5.41) is 0. The Morgan fingerprint density at radius 3 is 2.76 bits per heavy atom. The molecule has 2 aromatic carbocycles. The van der Waals surface area contributed by atoms with Gasteiger partial charge < -0.3 is 10.2 Å². The van der Waals surface area contributed by atoms with Crippen LogP contribution in [0.3, 0.4) is 0 Å². The van der Waals surface area contributed by atoms with Gasteiger partial charge in [-0.1, -0.05) is 36.4 Å². The molecular formula is C17H16N2OS. The van der Waals surface area contributed by atoms with Crippen molar-refractivity contribution in [3.05, 3.63) is 66.2 Å². The largest absolute Gasteiger partial charge is 0.440 e. The van der Waals surface area contributed by atoms with E-state index in [1.54, 1.807) is 18.0 Å². The second-order valence-electron chi connectivity index (χ2n) is 4.81. The zero-order valence-corrected chi connectivity index (χ0v) is 12.6. The predicted molar refractivity (Wildman–Crippen MR) is 87.1 cm³/mol. The molecule has 2 N–H and O–H groups in total. The van der Waals surface area contributed by atoms with E-state index >= 15 is 0 Å². The number of nitrogens with two attached hydrogens (primary N) is 1. The Balaban J connectivity index is 1.72. The van der Waals surface area contributed by atoms with Crippen LogP contribution in [0.15, 0.2) is 64.0 Å². The van der Waals surface area contributed by atoms with E-state index in [-0.39, 0.29) is 0 Å². The SMILES string of the molecule is Cc1ccc(N)c(SCc2ncc(-c3ccccc3)o2)c1. The maximum atomic E-state index is 5.98. The van der Waals surface area contributed by atoms with E-state index in [2.05, 4.69) is 18.0 Å². The van der Waals surface area contributed by atoms with Crippen LogP contribution in [-0.4, -0.2) is 4.98 Å². The second kappa shape index (κ2) is 6.06. The van der Waals surface area contributed by atoms with E-state index in [9.17, 15) is 0 Å². The predicted octanol–water partition coefficient (Wildman–Crippen LogP) is 4.52. The van der Waals surface area contributed by atoms with Crippen molar-refractivity contribution >= 4 is 17.4 Å². The van der Waals surface area contributed by atoms with Gasteiger partial charge in [0.1, 0.15) is 0 Å². The Morgan fingerprint density at radius 1 is 1.14 bits per heavy atom. The first-order valence-corrected chi connectivity index (χ1v) is 7.70. The molecule has 3 rings (SSSR count). The molecule has 3 nitrogen and oxygen atoms in total. The summed E-state index contributed by atoms with van der Waals surface area (Å²) in [6.07, 6.45) is 1.77. The van der Waals surface area contributed by atoms with E-state index in [0.29, 0.717) is 11.6 Å². The molecule has 0 fully saturated rings. The number of thioether (sulfide) groups is 1. The first-order chi connectivity index (χ1) is 10.2. The molecule has 0 saturated carbocycles. The summed E-state index contributed by atoms with van der Waals surface area (Å²) >= 11 is 1.64. The zero-order chi connectivity index (χ0) is 14.7. The molecule has 0 aliphatic heterocycles. The molecule has 0 saturated heterocycles. The summed E-state index contributed by atoms with van der Waals surface area (Å²) in [5.41, 5.74) is 9.01. The van der Waals surface area contributed by atoms with Crippen molar-refractivity contribution < 1.29 is 4.42 Å². The van der Waals surface area contributed by atoms with Crippen LogP contribution in [0.1, 0.15) is 11.5 Å². The Labute approximate surface area is 128 Å². The molecule has 0 aliphatic rings. The van der Waals surface area contributed by atoms with Gasteiger partial charge in [0.2, 0.25) is 5.89 Å². The van der Waals surface area contributed by atoms with Gasteiger partial charge in [0.05, 0.1) is 11.9 Å². The summed E-state index contributed by atoms with van der Waals surface area (Å²) in [4.78, 5) is 5.40. The van der Waals surface area contributed by atoms with Gasteiger partial charge in [-0.3, -0.25) is 0 Å². The molecule has 3 aromatic rings. The molecule has 106 valence electrons. The van der Waals surface area contributed by atoms with Gasteiger partial charge in [-0.15, -0.1) is 11.8 Å². The number of aromatic nitrogens is 1. The number of hydrogen-bond acceptors (Lipinski definition) is 4. The fraction of sp³-hybridized carbons (Fsp3) is 0.118. The number of nitrogen functional groups attached to an aromatic ring is 1. The van der Waals surface area contributed by atoms with Crippen LogP contribution in [0.2, 0.25) is 0 Å². The van der Waals surface area contributed by atoms with Crippen LogP contribution < -0.4 is 5.73 Å². The van der Waals surface area contributed by atoms with Gasteiger partial charge in [-0.05, 0) is 24.6 Å². The van der Waals surface area contributed by atoms with Crippen molar-refractivity contribution in [3.8, 4) is 11.3 Å². The van der Waals surface area contributed by atoms with E-state index in [4.69, 9.17) is 10.2 Å². The number of rotatable bonds is 4. The molecule has 0 aliphatic carbocycles. The molecule has 0 radical (unpaired) electrons. The van der Waals surface area contributed by atoms with Crippen molar-refractivity contribution in [2.24, 2.45) is 0 Å². The zero-order valence-electron chi connectivity index (χ0n) is 11.7. The highest BCUT2D eigenvalue weighted by molar-refractivity contribution is 7.98. The molecule has 0 unspecified atom stereocenters. The number of anilines is 1. The summed E-state index contributed by atoms with van der Waals surface area (Å²) in [6, 6.07) is 16.0. The standard InChI is InChI=1S/C17H16N2OS/c1-12-7-8-14(18)16(9-12)21-11-17-19-10-15(20-17)13-5-3-2-4-6-13/h2-10H,11,18H2,1H3. The highest BCUT2D eigenvalue weighted by Gasteiger charge is 2.08. The third-order valence-corrected chi connectivity index (χ3v) is 4.19. The Kier molecular flexibility index (Phi) is 3.97. The topological polar surface area (TPSA) is 52.0 Å². The molecule has 0 amide bonds. The molecule has 1 heterocycles. The van der Waals surface area contributed by atoms with Crippen molar-refractivity contribution in [2.75, 3.05) is 5.73 Å².